The second-order valence-corrected chi connectivity index (χ2v) is 6.19. The van der Waals surface area contributed by atoms with Gasteiger partial charge in [0.2, 0.25) is 0 Å². The van der Waals surface area contributed by atoms with Gasteiger partial charge in [0, 0.05) is 0 Å². The third-order valence-electron chi connectivity index (χ3n) is 3.84. The van der Waals surface area contributed by atoms with Gasteiger partial charge in [-0.2, -0.15) is 0 Å². The van der Waals surface area contributed by atoms with Crippen LogP contribution in [0.2, 0.25) is 0 Å². The van der Waals surface area contributed by atoms with Gasteiger partial charge >= 0.3 is 17.9 Å². The fourth-order valence-electron chi connectivity index (χ4n) is 2.38. The number of carbonyl (C=O) groups is 3. The molecule has 0 saturated heterocycles. The van der Waals surface area contributed by atoms with Gasteiger partial charge in [0.05, 0.1) is 26.1 Å². The number of carboxylic acid groups (broad SMARTS) is 1. The fourth-order valence-corrected chi connectivity index (χ4v) is 2.38. The smallest absolute Gasteiger partial charge is 0.336 e. The van der Waals surface area contributed by atoms with Crippen LogP contribution < -0.4 is 0 Å². The molecule has 1 unspecified atom stereocenters. The molecule has 0 amide bonds. The molecule has 0 heterocycles. The summed E-state index contributed by atoms with van der Waals surface area (Å²) in [6, 6.07) is 0. The molecule has 0 aliphatic carbocycles. The van der Waals surface area contributed by atoms with Crippen molar-refractivity contribution >= 4 is 17.9 Å². The molecule has 0 radical (unpaired) electrons. The summed E-state index contributed by atoms with van der Waals surface area (Å²) >= 11 is 0. The number of carbonyl (C=O) groups excluding carboxylic acids is 2. The topological polar surface area (TPSA) is 110 Å². The molecule has 0 rings (SSSR count). The van der Waals surface area contributed by atoms with Crippen molar-refractivity contribution in [3.63, 3.8) is 0 Å². The van der Waals surface area contributed by atoms with Crippen LogP contribution in [0.5, 0.6) is 0 Å². The van der Waals surface area contributed by atoms with Crippen LogP contribution in [-0.2, 0) is 23.9 Å². The number of aliphatic carboxylic acids is 1. The first-order valence-electron chi connectivity index (χ1n) is 9.12. The van der Waals surface area contributed by atoms with E-state index < -0.39 is 36.4 Å². The Balaban J connectivity index is 4.00. The Labute approximate surface area is 149 Å². The van der Waals surface area contributed by atoms with E-state index in [4.69, 9.17) is 9.84 Å². The van der Waals surface area contributed by atoms with Gasteiger partial charge in [0.15, 0.2) is 5.60 Å². The second kappa shape index (κ2) is 13.6. The highest BCUT2D eigenvalue weighted by atomic mass is 16.5. The first-order chi connectivity index (χ1) is 11.9. The standard InChI is InChI=1S/C18H32O7/c1-3-5-6-7-8-9-10-11-12-25-16(20)14-18(23,17(21)22)13-15(19)24-4-2/h23H,3-14H2,1-2H3,(H,21,22). The monoisotopic (exact) mass is 360 g/mol. The third kappa shape index (κ3) is 11.5. The number of ether oxygens (including phenoxy) is 2. The average molecular weight is 360 g/mol. The highest BCUT2D eigenvalue weighted by molar-refractivity contribution is 5.88. The lowest BCUT2D eigenvalue weighted by atomic mass is 9.96. The number of carboxylic acids is 1. The maximum Gasteiger partial charge on any atom is 0.336 e. The molecular formula is C18H32O7. The normalized spacial score (nSPS) is 13.1. The van der Waals surface area contributed by atoms with Crippen LogP contribution >= 0.6 is 0 Å². The Morgan fingerprint density at radius 2 is 1.28 bits per heavy atom. The number of aliphatic hydroxyl groups is 1. The van der Waals surface area contributed by atoms with Crippen molar-refractivity contribution < 1.29 is 34.1 Å². The second-order valence-electron chi connectivity index (χ2n) is 6.19. The summed E-state index contributed by atoms with van der Waals surface area (Å²) < 4.78 is 9.58. The minimum atomic E-state index is -2.50. The molecule has 0 aromatic rings. The molecule has 0 aromatic heterocycles. The van der Waals surface area contributed by atoms with Crippen LogP contribution in [0.15, 0.2) is 0 Å². The zero-order chi connectivity index (χ0) is 19.1. The van der Waals surface area contributed by atoms with Crippen molar-refractivity contribution in [2.75, 3.05) is 13.2 Å². The predicted octanol–water partition coefficient (Wildman–Crippen LogP) is 2.83. The highest BCUT2D eigenvalue weighted by Crippen LogP contribution is 2.18. The van der Waals surface area contributed by atoms with Gasteiger partial charge < -0.3 is 19.7 Å². The maximum atomic E-state index is 11.7. The van der Waals surface area contributed by atoms with E-state index in [1.54, 1.807) is 6.92 Å². The summed E-state index contributed by atoms with van der Waals surface area (Å²) in [5.41, 5.74) is -2.50. The fraction of sp³-hybridized carbons (Fsp3) is 0.833. The molecule has 0 bridgehead atoms. The quantitative estimate of drug-likeness (QED) is 0.341. The molecule has 1 atom stereocenters. The van der Waals surface area contributed by atoms with E-state index in [0.29, 0.717) is 6.42 Å². The molecule has 0 fully saturated rings. The molecule has 0 aromatic carbocycles. The van der Waals surface area contributed by atoms with E-state index in [0.717, 1.165) is 19.3 Å². The van der Waals surface area contributed by atoms with E-state index >= 15 is 0 Å². The molecule has 146 valence electrons. The minimum absolute atomic E-state index is 0.0669. The van der Waals surface area contributed by atoms with Crippen LogP contribution in [0.25, 0.3) is 0 Å². The van der Waals surface area contributed by atoms with E-state index in [1.807, 2.05) is 0 Å². The largest absolute Gasteiger partial charge is 0.479 e. The zero-order valence-electron chi connectivity index (χ0n) is 15.4. The molecular weight excluding hydrogens is 328 g/mol. The summed E-state index contributed by atoms with van der Waals surface area (Å²) in [4.78, 5) is 34.2. The molecule has 7 nitrogen and oxygen atoms in total. The first kappa shape index (κ1) is 23.4. The van der Waals surface area contributed by atoms with E-state index in [-0.39, 0.29) is 13.2 Å². The molecule has 0 aliphatic heterocycles. The van der Waals surface area contributed by atoms with Crippen LogP contribution in [0.4, 0.5) is 0 Å². The molecule has 0 saturated carbocycles. The Morgan fingerprint density at radius 3 is 1.76 bits per heavy atom. The van der Waals surface area contributed by atoms with Gasteiger partial charge in [-0.15, -0.1) is 0 Å². The molecule has 0 aliphatic rings. The minimum Gasteiger partial charge on any atom is -0.479 e. The Hall–Kier alpha value is -1.63. The van der Waals surface area contributed by atoms with Crippen molar-refractivity contribution in [1.29, 1.82) is 0 Å². The van der Waals surface area contributed by atoms with Crippen LogP contribution in [0.3, 0.4) is 0 Å². The van der Waals surface area contributed by atoms with Gasteiger partial charge in [-0.3, -0.25) is 9.59 Å². The summed E-state index contributed by atoms with van der Waals surface area (Å²) in [5.74, 6) is -3.36. The number of unbranched alkanes of at least 4 members (excludes halogenated alkanes) is 7. The number of hydrogen-bond acceptors (Lipinski definition) is 6. The van der Waals surface area contributed by atoms with Crippen LogP contribution in [0, 0.1) is 0 Å². The van der Waals surface area contributed by atoms with Crippen molar-refractivity contribution in [2.24, 2.45) is 0 Å². The van der Waals surface area contributed by atoms with Gasteiger partial charge in [-0.05, 0) is 13.3 Å². The van der Waals surface area contributed by atoms with Crippen molar-refractivity contribution in [3.05, 3.63) is 0 Å². The molecule has 25 heavy (non-hydrogen) atoms. The molecule has 0 spiro atoms. The van der Waals surface area contributed by atoms with Gasteiger partial charge in [0.1, 0.15) is 0 Å². The highest BCUT2D eigenvalue weighted by Gasteiger charge is 2.41. The maximum absolute atomic E-state index is 11.7. The van der Waals surface area contributed by atoms with Gasteiger partial charge in [0.25, 0.3) is 0 Å². The number of esters is 2. The summed E-state index contributed by atoms with van der Waals surface area (Å²) in [6.45, 7) is 3.99. The SMILES string of the molecule is CCCCCCCCCCOC(=O)CC(O)(CC(=O)OCC)C(=O)O. The summed E-state index contributed by atoms with van der Waals surface area (Å²) in [6.07, 6.45) is 7.24. The first-order valence-corrected chi connectivity index (χ1v) is 9.12. The third-order valence-corrected chi connectivity index (χ3v) is 3.84. The zero-order valence-corrected chi connectivity index (χ0v) is 15.4. The lowest BCUT2D eigenvalue weighted by molar-refractivity contribution is -0.173. The van der Waals surface area contributed by atoms with Gasteiger partial charge in [-0.1, -0.05) is 51.9 Å². The summed E-state index contributed by atoms with van der Waals surface area (Å²) in [7, 11) is 0. The van der Waals surface area contributed by atoms with Crippen molar-refractivity contribution in [1.82, 2.24) is 0 Å². The van der Waals surface area contributed by atoms with Crippen LogP contribution in [0.1, 0.15) is 78.1 Å². The Morgan fingerprint density at radius 1 is 0.800 bits per heavy atom. The number of rotatable bonds is 15. The van der Waals surface area contributed by atoms with Gasteiger partial charge in [-0.25, -0.2) is 4.79 Å². The lowest BCUT2D eigenvalue weighted by Gasteiger charge is -2.21. The van der Waals surface area contributed by atoms with E-state index in [1.165, 1.54) is 25.7 Å². The van der Waals surface area contributed by atoms with Crippen molar-refractivity contribution in [3.8, 4) is 0 Å². The molecule has 2 N–H and O–H groups in total. The number of hydrogen-bond donors (Lipinski definition) is 2. The van der Waals surface area contributed by atoms with Crippen molar-refractivity contribution in [2.45, 2.75) is 83.7 Å². The molecule has 7 heteroatoms. The van der Waals surface area contributed by atoms with E-state index in [2.05, 4.69) is 11.7 Å². The Bertz CT molecular complexity index is 408. The predicted molar refractivity (Wildman–Crippen MR) is 92.0 cm³/mol. The summed E-state index contributed by atoms with van der Waals surface area (Å²) in [5, 5.41) is 19.1. The Kier molecular flexibility index (Phi) is 12.7. The van der Waals surface area contributed by atoms with E-state index in [9.17, 15) is 19.5 Å². The lowest BCUT2D eigenvalue weighted by Crippen LogP contribution is -2.43. The average Bonchev–Trinajstić information content (AvgIpc) is 2.53. The van der Waals surface area contributed by atoms with Crippen LogP contribution in [-0.4, -0.2) is 46.9 Å².